The summed E-state index contributed by atoms with van der Waals surface area (Å²) in [6, 6.07) is -0.540. The molecule has 0 saturated carbocycles. The van der Waals surface area contributed by atoms with Crippen LogP contribution < -0.4 is 5.32 Å². The molecule has 0 heterocycles. The molecule has 84 heavy (non-hydrogen) atoms. The molecule has 0 aliphatic carbocycles. The van der Waals surface area contributed by atoms with Gasteiger partial charge < -0.3 is 20.3 Å². The van der Waals surface area contributed by atoms with Crippen molar-refractivity contribution in [1.82, 2.24) is 5.32 Å². The quantitative estimate of drug-likeness (QED) is 0.0320. The molecular formula is C78H151NO5. The van der Waals surface area contributed by atoms with Gasteiger partial charge in [0.05, 0.1) is 25.4 Å². The average Bonchev–Trinajstić information content (AvgIpc) is 3.51. The van der Waals surface area contributed by atoms with Gasteiger partial charge in [-0.05, 0) is 57.8 Å². The number of nitrogens with one attached hydrogen (secondary N) is 1. The number of hydrogen-bond donors (Lipinski definition) is 3. The van der Waals surface area contributed by atoms with Crippen LogP contribution in [-0.2, 0) is 14.3 Å². The minimum Gasteiger partial charge on any atom is -0.466 e. The number of rotatable bonds is 73. The Bertz CT molecular complexity index is 1320. The Labute approximate surface area is 526 Å². The maximum absolute atomic E-state index is 12.6. The van der Waals surface area contributed by atoms with Crippen LogP contribution in [0.2, 0.25) is 0 Å². The Morgan fingerprint density at radius 2 is 0.595 bits per heavy atom. The van der Waals surface area contributed by atoms with Gasteiger partial charge in [-0.15, -0.1) is 0 Å². The van der Waals surface area contributed by atoms with Crippen LogP contribution in [0.4, 0.5) is 0 Å². The Morgan fingerprint density at radius 1 is 0.333 bits per heavy atom. The van der Waals surface area contributed by atoms with E-state index in [9.17, 15) is 19.8 Å². The van der Waals surface area contributed by atoms with E-state index in [4.69, 9.17) is 4.74 Å². The number of ether oxygens (including phenoxy) is 1. The third kappa shape index (κ3) is 69.4. The van der Waals surface area contributed by atoms with E-state index < -0.39 is 12.1 Å². The minimum absolute atomic E-state index is 0.0154. The molecule has 0 saturated heterocycles. The van der Waals surface area contributed by atoms with Crippen molar-refractivity contribution in [3.63, 3.8) is 0 Å². The van der Waals surface area contributed by atoms with Crippen LogP contribution in [0.5, 0.6) is 0 Å². The van der Waals surface area contributed by atoms with Gasteiger partial charge in [-0.2, -0.15) is 0 Å². The highest BCUT2D eigenvalue weighted by Gasteiger charge is 2.20. The fourth-order valence-electron chi connectivity index (χ4n) is 12.4. The molecule has 6 nitrogen and oxygen atoms in total. The maximum Gasteiger partial charge on any atom is 0.305 e. The molecule has 0 radical (unpaired) electrons. The number of esters is 1. The van der Waals surface area contributed by atoms with Crippen molar-refractivity contribution in [3.05, 3.63) is 24.3 Å². The van der Waals surface area contributed by atoms with Gasteiger partial charge in [0.25, 0.3) is 0 Å². The summed E-state index contributed by atoms with van der Waals surface area (Å²) in [5.41, 5.74) is 0. The average molecular weight is 1180 g/mol. The standard InChI is InChI=1S/C78H151NO5/c1-3-5-7-9-11-13-15-17-19-21-23-31-35-38-42-46-50-54-58-62-66-70-76(81)75(74-80)79-77(82)71-67-63-59-55-51-47-43-39-36-32-29-27-25-24-26-28-30-33-37-41-45-49-53-57-61-65-69-73-84-78(83)72-68-64-60-56-52-48-44-40-34-22-20-18-16-14-12-10-8-6-4-2/h12,14,18,20,75-76,80-81H,3-11,13,15-17,19,21-74H2,1-2H3,(H,79,82)/b14-12-,20-18-. The van der Waals surface area contributed by atoms with Gasteiger partial charge in [-0.1, -0.05) is 391 Å². The maximum atomic E-state index is 12.6. The number of amides is 1. The van der Waals surface area contributed by atoms with E-state index in [-0.39, 0.29) is 18.5 Å². The first-order valence-corrected chi connectivity index (χ1v) is 38.6. The molecular weight excluding hydrogens is 1030 g/mol. The molecule has 2 unspecified atom stereocenters. The zero-order valence-electron chi connectivity index (χ0n) is 57.2. The molecule has 6 heteroatoms. The van der Waals surface area contributed by atoms with E-state index in [0.29, 0.717) is 25.9 Å². The van der Waals surface area contributed by atoms with Gasteiger partial charge in [-0.3, -0.25) is 9.59 Å². The molecule has 0 bridgehead atoms. The van der Waals surface area contributed by atoms with Crippen molar-refractivity contribution in [2.45, 2.75) is 450 Å². The van der Waals surface area contributed by atoms with Gasteiger partial charge in [0, 0.05) is 12.8 Å². The van der Waals surface area contributed by atoms with Crippen LogP contribution in [0, 0.1) is 0 Å². The van der Waals surface area contributed by atoms with Crippen molar-refractivity contribution in [2.75, 3.05) is 13.2 Å². The Balaban J connectivity index is 3.34. The van der Waals surface area contributed by atoms with E-state index in [1.807, 2.05) is 0 Å². The van der Waals surface area contributed by atoms with Crippen molar-refractivity contribution >= 4 is 11.9 Å². The third-order valence-corrected chi connectivity index (χ3v) is 18.3. The SMILES string of the molecule is CCCCC/C=C\C/C=C\CCCCCCCCCCCC(=O)OCCCCCCCCCCCCCCCCCCCCCCCCCCCCCC(=O)NC(CO)C(O)CCCCCCCCCCCCCCCCCCCCCCC. The van der Waals surface area contributed by atoms with Crippen LogP contribution >= 0.6 is 0 Å². The number of aliphatic hydroxyl groups is 2. The predicted molar refractivity (Wildman–Crippen MR) is 370 cm³/mol. The summed E-state index contributed by atoms with van der Waals surface area (Å²) in [5.74, 6) is -0.0117. The summed E-state index contributed by atoms with van der Waals surface area (Å²) in [6.07, 6.45) is 93.9. The summed E-state index contributed by atoms with van der Waals surface area (Å²) in [4.78, 5) is 24.7. The Kier molecular flexibility index (Phi) is 72.3. The molecule has 0 fully saturated rings. The lowest BCUT2D eigenvalue weighted by atomic mass is 10.0. The summed E-state index contributed by atoms with van der Waals surface area (Å²) >= 11 is 0. The van der Waals surface area contributed by atoms with Gasteiger partial charge >= 0.3 is 5.97 Å². The molecule has 2 atom stereocenters. The van der Waals surface area contributed by atoms with Crippen LogP contribution in [0.1, 0.15) is 438 Å². The zero-order chi connectivity index (χ0) is 60.6. The van der Waals surface area contributed by atoms with Gasteiger partial charge in [0.1, 0.15) is 0 Å². The van der Waals surface area contributed by atoms with E-state index in [0.717, 1.165) is 51.4 Å². The lowest BCUT2D eigenvalue weighted by Gasteiger charge is -2.22. The lowest BCUT2D eigenvalue weighted by Crippen LogP contribution is -2.45. The molecule has 3 N–H and O–H groups in total. The van der Waals surface area contributed by atoms with Crippen molar-refractivity contribution < 1.29 is 24.5 Å². The van der Waals surface area contributed by atoms with E-state index in [1.165, 1.54) is 353 Å². The number of carbonyl (C=O) groups excluding carboxylic acids is 2. The zero-order valence-corrected chi connectivity index (χ0v) is 57.2. The highest BCUT2D eigenvalue weighted by molar-refractivity contribution is 5.76. The first kappa shape index (κ1) is 82.3. The number of unbranched alkanes of at least 4 members (excludes halogenated alkanes) is 58. The van der Waals surface area contributed by atoms with Gasteiger partial charge in [-0.25, -0.2) is 0 Å². The molecule has 0 aromatic rings. The molecule has 0 aromatic heterocycles. The monoisotopic (exact) mass is 1180 g/mol. The number of allylic oxidation sites excluding steroid dienone is 4. The Hall–Kier alpha value is -1.66. The second-order valence-corrected chi connectivity index (χ2v) is 26.7. The minimum atomic E-state index is -0.663. The summed E-state index contributed by atoms with van der Waals surface area (Å²) in [6.45, 7) is 4.98. The topological polar surface area (TPSA) is 95.9 Å². The van der Waals surface area contributed by atoms with Crippen LogP contribution in [-0.4, -0.2) is 47.4 Å². The normalized spacial score (nSPS) is 12.6. The van der Waals surface area contributed by atoms with E-state index >= 15 is 0 Å². The molecule has 1 amide bonds. The fraction of sp³-hybridized carbons (Fsp3) is 0.923. The first-order valence-electron chi connectivity index (χ1n) is 38.6. The number of carbonyl (C=O) groups is 2. The fourth-order valence-corrected chi connectivity index (χ4v) is 12.4. The molecule has 0 aliphatic rings. The van der Waals surface area contributed by atoms with E-state index in [2.05, 4.69) is 43.5 Å². The number of hydrogen-bond acceptors (Lipinski definition) is 5. The van der Waals surface area contributed by atoms with Gasteiger partial charge in [0.15, 0.2) is 0 Å². The molecule has 0 aliphatic heterocycles. The van der Waals surface area contributed by atoms with Crippen molar-refractivity contribution in [2.24, 2.45) is 0 Å². The molecule has 0 aromatic carbocycles. The lowest BCUT2D eigenvalue weighted by molar-refractivity contribution is -0.143. The highest BCUT2D eigenvalue weighted by Crippen LogP contribution is 2.20. The largest absolute Gasteiger partial charge is 0.466 e. The van der Waals surface area contributed by atoms with Gasteiger partial charge in [0.2, 0.25) is 5.91 Å². The second-order valence-electron chi connectivity index (χ2n) is 26.7. The van der Waals surface area contributed by atoms with Crippen molar-refractivity contribution in [3.8, 4) is 0 Å². The Morgan fingerprint density at radius 3 is 0.929 bits per heavy atom. The molecule has 498 valence electrons. The number of aliphatic hydroxyl groups excluding tert-OH is 2. The summed E-state index contributed by atoms with van der Waals surface area (Å²) in [7, 11) is 0. The first-order chi connectivity index (χ1) is 41.5. The molecule has 0 spiro atoms. The molecule has 0 rings (SSSR count). The third-order valence-electron chi connectivity index (χ3n) is 18.3. The summed E-state index contributed by atoms with van der Waals surface area (Å²) < 4.78 is 5.51. The van der Waals surface area contributed by atoms with Crippen LogP contribution in [0.25, 0.3) is 0 Å². The predicted octanol–water partition coefficient (Wildman–Crippen LogP) is 25.3. The van der Waals surface area contributed by atoms with Crippen LogP contribution in [0.15, 0.2) is 24.3 Å². The smallest absolute Gasteiger partial charge is 0.305 e. The van der Waals surface area contributed by atoms with E-state index in [1.54, 1.807) is 0 Å². The van der Waals surface area contributed by atoms with Crippen molar-refractivity contribution in [1.29, 1.82) is 0 Å². The summed E-state index contributed by atoms with van der Waals surface area (Å²) in [5, 5.41) is 23.4. The highest BCUT2D eigenvalue weighted by atomic mass is 16.5. The van der Waals surface area contributed by atoms with Crippen LogP contribution in [0.3, 0.4) is 0 Å². The second kappa shape index (κ2) is 73.8.